The van der Waals surface area contributed by atoms with Crippen molar-refractivity contribution in [2.24, 2.45) is 0 Å². The van der Waals surface area contributed by atoms with Crippen molar-refractivity contribution in [2.75, 3.05) is 0 Å². The largest absolute Gasteiger partial charge is 0.478 e. The smallest absolute Gasteiger partial charge is 0.336 e. The SMILES string of the molecule is Cc1cc(Cl)cc2c1-c1ccccc1C2=O.Cc1cc(Cl)ccc1-c1ccccc1C(=O)O. The van der Waals surface area contributed by atoms with Crippen LogP contribution < -0.4 is 0 Å². The summed E-state index contributed by atoms with van der Waals surface area (Å²) in [5.74, 6) is -0.842. The molecule has 5 rings (SSSR count). The van der Waals surface area contributed by atoms with Crippen LogP contribution in [0.1, 0.15) is 37.4 Å². The van der Waals surface area contributed by atoms with Crippen LogP contribution in [-0.4, -0.2) is 16.9 Å². The molecule has 0 radical (unpaired) electrons. The molecule has 0 atom stereocenters. The van der Waals surface area contributed by atoms with Crippen LogP contribution in [-0.2, 0) is 0 Å². The second-order valence-electron chi connectivity index (χ2n) is 7.83. The molecule has 0 aromatic heterocycles. The highest BCUT2D eigenvalue weighted by Crippen LogP contribution is 2.40. The first kappa shape index (κ1) is 22.8. The first-order valence-electron chi connectivity index (χ1n) is 10.3. The van der Waals surface area contributed by atoms with Crippen molar-refractivity contribution >= 4 is 35.0 Å². The van der Waals surface area contributed by atoms with E-state index in [1.807, 2.05) is 62.4 Å². The first-order chi connectivity index (χ1) is 15.8. The van der Waals surface area contributed by atoms with Crippen LogP contribution in [0.3, 0.4) is 0 Å². The van der Waals surface area contributed by atoms with Gasteiger partial charge in [-0.2, -0.15) is 0 Å². The second-order valence-corrected chi connectivity index (χ2v) is 8.70. The Kier molecular flexibility index (Phi) is 6.37. The molecule has 0 saturated heterocycles. The average Bonchev–Trinajstić information content (AvgIpc) is 3.06. The number of rotatable bonds is 2. The molecule has 4 aromatic rings. The lowest BCUT2D eigenvalue weighted by Gasteiger charge is -2.09. The highest BCUT2D eigenvalue weighted by atomic mass is 35.5. The predicted octanol–water partition coefficient (Wildman–Crippen LogP) is 7.87. The van der Waals surface area contributed by atoms with Crippen molar-refractivity contribution in [1.29, 1.82) is 0 Å². The monoisotopic (exact) mass is 474 g/mol. The molecule has 1 aliphatic rings. The van der Waals surface area contributed by atoms with Gasteiger partial charge in [0.25, 0.3) is 0 Å². The standard InChI is InChI=1S/C14H11ClO2.C14H9ClO/c1-9-8-10(15)6-7-11(9)12-4-2-3-5-13(12)14(16)17;1-8-6-9(15)7-12-13(8)10-4-2-3-5-11(10)14(12)16/h2-8H,1H3,(H,16,17);2-7H,1H3. The molecule has 0 heterocycles. The Morgan fingerprint density at radius 1 is 0.667 bits per heavy atom. The van der Waals surface area contributed by atoms with Crippen molar-refractivity contribution in [3.63, 3.8) is 0 Å². The number of aromatic carboxylic acids is 1. The van der Waals surface area contributed by atoms with E-state index in [1.54, 1.807) is 30.3 Å². The fourth-order valence-corrected chi connectivity index (χ4v) is 4.66. The van der Waals surface area contributed by atoms with E-state index in [4.69, 9.17) is 28.3 Å². The van der Waals surface area contributed by atoms with Crippen LogP contribution in [0.4, 0.5) is 0 Å². The molecule has 0 saturated carbocycles. The van der Waals surface area contributed by atoms with Crippen LogP contribution in [0.2, 0.25) is 10.0 Å². The number of hydrogen-bond donors (Lipinski definition) is 1. The minimum absolute atomic E-state index is 0.0798. The zero-order valence-electron chi connectivity index (χ0n) is 18.0. The maximum atomic E-state index is 12.1. The van der Waals surface area contributed by atoms with Gasteiger partial charge in [-0.05, 0) is 77.6 Å². The van der Waals surface area contributed by atoms with Crippen molar-refractivity contribution < 1.29 is 14.7 Å². The third-order valence-electron chi connectivity index (χ3n) is 5.62. The van der Waals surface area contributed by atoms with Gasteiger partial charge in [0.05, 0.1) is 5.56 Å². The number of carbonyl (C=O) groups is 2. The van der Waals surface area contributed by atoms with E-state index in [1.165, 1.54) is 0 Å². The summed E-state index contributed by atoms with van der Waals surface area (Å²) < 4.78 is 0. The Morgan fingerprint density at radius 2 is 1.27 bits per heavy atom. The number of carboxylic acids is 1. The Bertz CT molecular complexity index is 1410. The van der Waals surface area contributed by atoms with Crippen molar-refractivity contribution in [1.82, 2.24) is 0 Å². The number of hydrogen-bond acceptors (Lipinski definition) is 2. The molecule has 0 bridgehead atoms. The molecule has 164 valence electrons. The number of aryl methyl sites for hydroxylation is 2. The zero-order chi connectivity index (χ0) is 23.7. The highest BCUT2D eigenvalue weighted by Gasteiger charge is 2.27. The lowest BCUT2D eigenvalue weighted by Crippen LogP contribution is -1.99. The summed E-state index contributed by atoms with van der Waals surface area (Å²) in [6.07, 6.45) is 0. The lowest BCUT2D eigenvalue weighted by molar-refractivity contribution is 0.0697. The first-order valence-corrected chi connectivity index (χ1v) is 11.1. The fourth-order valence-electron chi connectivity index (χ4n) is 4.16. The van der Waals surface area contributed by atoms with Crippen molar-refractivity contribution in [3.05, 3.63) is 117 Å². The van der Waals surface area contributed by atoms with Crippen LogP contribution in [0.5, 0.6) is 0 Å². The maximum Gasteiger partial charge on any atom is 0.336 e. The third-order valence-corrected chi connectivity index (χ3v) is 6.08. The van der Waals surface area contributed by atoms with Crippen LogP contribution >= 0.6 is 23.2 Å². The van der Waals surface area contributed by atoms with Gasteiger partial charge in [0.15, 0.2) is 5.78 Å². The molecule has 1 N–H and O–H groups in total. The van der Waals surface area contributed by atoms with Crippen LogP contribution in [0.25, 0.3) is 22.3 Å². The molecule has 0 spiro atoms. The van der Waals surface area contributed by atoms with Crippen molar-refractivity contribution in [2.45, 2.75) is 13.8 Å². The molecule has 0 aliphatic heterocycles. The molecule has 0 unspecified atom stereocenters. The number of ketones is 1. The zero-order valence-corrected chi connectivity index (χ0v) is 19.5. The van der Waals surface area contributed by atoms with E-state index in [9.17, 15) is 9.59 Å². The quantitative estimate of drug-likeness (QED) is 0.283. The summed E-state index contributed by atoms with van der Waals surface area (Å²) in [5, 5.41) is 10.4. The molecule has 4 aromatic carbocycles. The van der Waals surface area contributed by atoms with E-state index >= 15 is 0 Å². The summed E-state index contributed by atoms with van der Waals surface area (Å²) in [6, 6.07) is 23.7. The van der Waals surface area contributed by atoms with Gasteiger partial charge in [0.1, 0.15) is 0 Å². The Balaban J connectivity index is 0.000000157. The van der Waals surface area contributed by atoms with Gasteiger partial charge in [-0.25, -0.2) is 4.79 Å². The number of carboxylic acid groups (broad SMARTS) is 1. The molecule has 0 fully saturated rings. The maximum absolute atomic E-state index is 12.1. The van der Waals surface area contributed by atoms with Gasteiger partial charge >= 0.3 is 5.97 Å². The van der Waals surface area contributed by atoms with Gasteiger partial charge in [0, 0.05) is 21.2 Å². The van der Waals surface area contributed by atoms with Crippen LogP contribution in [0, 0.1) is 13.8 Å². The second kappa shape index (κ2) is 9.22. The Morgan fingerprint density at radius 3 is 1.94 bits per heavy atom. The average molecular weight is 475 g/mol. The summed E-state index contributed by atoms with van der Waals surface area (Å²) in [7, 11) is 0. The van der Waals surface area contributed by atoms with Gasteiger partial charge in [-0.1, -0.05) is 71.7 Å². The third kappa shape index (κ3) is 4.43. The molecule has 3 nitrogen and oxygen atoms in total. The van der Waals surface area contributed by atoms with Gasteiger partial charge in [-0.15, -0.1) is 0 Å². The van der Waals surface area contributed by atoms with E-state index in [2.05, 4.69) is 0 Å². The van der Waals surface area contributed by atoms with Gasteiger partial charge in [0.2, 0.25) is 0 Å². The van der Waals surface area contributed by atoms with E-state index in [-0.39, 0.29) is 5.78 Å². The number of benzene rings is 4. The minimum Gasteiger partial charge on any atom is -0.478 e. The predicted molar refractivity (Wildman–Crippen MR) is 134 cm³/mol. The van der Waals surface area contributed by atoms with E-state index in [0.717, 1.165) is 38.9 Å². The Hall–Kier alpha value is -3.40. The van der Waals surface area contributed by atoms with E-state index in [0.29, 0.717) is 21.2 Å². The summed E-state index contributed by atoms with van der Waals surface area (Å²) in [6.45, 7) is 3.90. The highest BCUT2D eigenvalue weighted by molar-refractivity contribution is 6.32. The fraction of sp³-hybridized carbons (Fsp3) is 0.0714. The topological polar surface area (TPSA) is 54.4 Å². The molecule has 33 heavy (non-hydrogen) atoms. The molecular formula is C28H20Cl2O3. The number of fused-ring (bicyclic) bond motifs is 3. The molecule has 1 aliphatic carbocycles. The van der Waals surface area contributed by atoms with Crippen molar-refractivity contribution in [3.8, 4) is 22.3 Å². The lowest BCUT2D eigenvalue weighted by atomic mass is 9.96. The molecule has 5 heteroatoms. The summed E-state index contributed by atoms with van der Waals surface area (Å²) >= 11 is 11.9. The molecule has 0 amide bonds. The summed E-state index contributed by atoms with van der Waals surface area (Å²) in [4.78, 5) is 23.3. The van der Waals surface area contributed by atoms with Gasteiger partial charge < -0.3 is 5.11 Å². The number of carbonyl (C=O) groups excluding carboxylic acids is 1. The number of halogens is 2. The van der Waals surface area contributed by atoms with Crippen LogP contribution in [0.15, 0.2) is 78.9 Å². The molecular weight excluding hydrogens is 455 g/mol. The van der Waals surface area contributed by atoms with E-state index < -0.39 is 5.97 Å². The minimum atomic E-state index is -0.921. The normalized spacial score (nSPS) is 11.3. The Labute approximate surface area is 202 Å². The summed E-state index contributed by atoms with van der Waals surface area (Å²) in [5.41, 5.74) is 7.50. The van der Waals surface area contributed by atoms with Gasteiger partial charge in [-0.3, -0.25) is 4.79 Å².